The normalized spacial score (nSPS) is 19.3. The highest BCUT2D eigenvalue weighted by atomic mass is 16.6. The van der Waals surface area contributed by atoms with Gasteiger partial charge in [0.15, 0.2) is 0 Å². The molecule has 2 amide bonds. The van der Waals surface area contributed by atoms with Crippen LogP contribution in [0.15, 0.2) is 12.2 Å². The van der Waals surface area contributed by atoms with Crippen LogP contribution in [0.1, 0.15) is 48.0 Å². The molecule has 0 unspecified atom stereocenters. The zero-order valence-corrected chi connectivity index (χ0v) is 18.7. The fraction of sp³-hybridized carbons (Fsp3) is 0.750. The average Bonchev–Trinajstić information content (AvgIpc) is 2.91. The van der Waals surface area contributed by atoms with Crippen LogP contribution in [0, 0.1) is 0 Å². The molecule has 0 aromatic carbocycles. The van der Waals surface area contributed by atoms with Crippen LogP contribution >= 0.6 is 0 Å². The van der Waals surface area contributed by atoms with Crippen LogP contribution in [-0.4, -0.2) is 78.7 Å². The number of methoxy groups -OCH3 is 1. The maximum Gasteiger partial charge on any atom is 0.412 e. The van der Waals surface area contributed by atoms with Gasteiger partial charge in [0, 0.05) is 19.0 Å². The smallest absolute Gasteiger partial charge is 0.412 e. The highest BCUT2D eigenvalue weighted by Crippen LogP contribution is 2.34. The van der Waals surface area contributed by atoms with Crippen molar-refractivity contribution in [2.24, 2.45) is 0 Å². The van der Waals surface area contributed by atoms with E-state index in [1.54, 1.807) is 48.6 Å². The molecule has 166 valence electrons. The molecule has 1 aliphatic heterocycles. The lowest BCUT2D eigenvalue weighted by molar-refractivity contribution is -0.136. The van der Waals surface area contributed by atoms with E-state index in [2.05, 4.69) is 6.58 Å². The van der Waals surface area contributed by atoms with Crippen molar-refractivity contribution in [2.45, 2.75) is 71.4 Å². The van der Waals surface area contributed by atoms with E-state index in [9.17, 15) is 14.4 Å². The molecule has 0 radical (unpaired) electrons. The lowest BCUT2D eigenvalue weighted by Gasteiger charge is -2.40. The maximum atomic E-state index is 13.0. The Bertz CT molecular complexity index is 639. The Morgan fingerprint density at radius 1 is 1.31 bits per heavy atom. The Balaban J connectivity index is 3.28. The first kappa shape index (κ1) is 24.7. The van der Waals surface area contributed by atoms with E-state index in [4.69, 9.17) is 18.9 Å². The summed E-state index contributed by atoms with van der Waals surface area (Å²) in [5, 5.41) is 0. The van der Waals surface area contributed by atoms with Gasteiger partial charge in [-0.1, -0.05) is 6.58 Å². The molecule has 1 fully saturated rings. The van der Waals surface area contributed by atoms with Gasteiger partial charge in [-0.05, 0) is 41.5 Å². The molecule has 0 bridgehead atoms. The fourth-order valence-corrected chi connectivity index (χ4v) is 3.15. The van der Waals surface area contributed by atoms with Crippen molar-refractivity contribution in [3.05, 3.63) is 12.2 Å². The number of nitrogens with zero attached hydrogens (tertiary/aromatic N) is 2. The summed E-state index contributed by atoms with van der Waals surface area (Å²) in [7, 11) is 2.80. The van der Waals surface area contributed by atoms with Crippen LogP contribution in [0.4, 0.5) is 9.59 Å². The first-order chi connectivity index (χ1) is 13.2. The summed E-state index contributed by atoms with van der Waals surface area (Å²) in [6, 6.07) is -1.23. The number of amides is 2. The molecule has 0 aromatic heterocycles. The van der Waals surface area contributed by atoms with Gasteiger partial charge in [0.05, 0.1) is 32.4 Å². The molecular formula is C20H34N2O7. The van der Waals surface area contributed by atoms with Crippen LogP contribution in [0.5, 0.6) is 0 Å². The van der Waals surface area contributed by atoms with E-state index < -0.39 is 41.6 Å². The van der Waals surface area contributed by atoms with Crippen LogP contribution < -0.4 is 0 Å². The summed E-state index contributed by atoms with van der Waals surface area (Å²) in [4.78, 5) is 40.1. The summed E-state index contributed by atoms with van der Waals surface area (Å²) in [5.74, 6) is -0.589. The van der Waals surface area contributed by atoms with Crippen LogP contribution in [0.2, 0.25) is 0 Å². The number of rotatable bonds is 6. The summed E-state index contributed by atoms with van der Waals surface area (Å²) in [6.07, 6.45) is -1.08. The van der Waals surface area contributed by atoms with Crippen molar-refractivity contribution >= 4 is 18.2 Å². The molecule has 9 heteroatoms. The predicted octanol–water partition coefficient (Wildman–Crippen LogP) is 2.93. The first-order valence-electron chi connectivity index (χ1n) is 9.57. The molecule has 1 aliphatic rings. The third kappa shape index (κ3) is 6.35. The number of ether oxygens (including phenoxy) is 4. The second kappa shape index (κ2) is 9.47. The molecule has 2 atom stereocenters. The predicted molar refractivity (Wildman–Crippen MR) is 106 cm³/mol. The number of carbonyl (C=O) groups excluding carboxylic acids is 3. The van der Waals surface area contributed by atoms with E-state index in [-0.39, 0.29) is 25.2 Å². The third-order valence-electron chi connectivity index (χ3n) is 4.54. The highest BCUT2D eigenvalue weighted by molar-refractivity contribution is 5.87. The van der Waals surface area contributed by atoms with E-state index in [1.165, 1.54) is 16.9 Å². The monoisotopic (exact) mass is 414 g/mol. The van der Waals surface area contributed by atoms with Gasteiger partial charge in [-0.2, -0.15) is 0 Å². The molecule has 0 aromatic rings. The average molecular weight is 414 g/mol. The van der Waals surface area contributed by atoms with Crippen LogP contribution in [0.3, 0.4) is 0 Å². The number of hydrogen-bond donors (Lipinski definition) is 0. The van der Waals surface area contributed by atoms with E-state index in [1.807, 2.05) is 0 Å². The SMILES string of the molecule is C=C(C[C@@H]([C@@H]1COC(C)(C)N1C(=O)OC(C)(C)C)N(C)C(=O)OCC)C(=O)OC. The highest BCUT2D eigenvalue weighted by Gasteiger charge is 2.50. The van der Waals surface area contributed by atoms with Crippen molar-refractivity contribution in [3.8, 4) is 0 Å². The van der Waals surface area contributed by atoms with Gasteiger partial charge < -0.3 is 23.8 Å². The summed E-state index contributed by atoms with van der Waals surface area (Å²) >= 11 is 0. The van der Waals surface area contributed by atoms with Gasteiger partial charge in [-0.25, -0.2) is 14.4 Å². The van der Waals surface area contributed by atoms with E-state index in [0.29, 0.717) is 0 Å². The van der Waals surface area contributed by atoms with Gasteiger partial charge in [0.2, 0.25) is 0 Å². The van der Waals surface area contributed by atoms with Crippen molar-refractivity contribution in [2.75, 3.05) is 27.4 Å². The summed E-state index contributed by atoms with van der Waals surface area (Å²) in [6.45, 7) is 14.6. The van der Waals surface area contributed by atoms with Gasteiger partial charge in [-0.15, -0.1) is 0 Å². The van der Waals surface area contributed by atoms with Gasteiger partial charge in [0.25, 0.3) is 0 Å². The Hall–Kier alpha value is -2.29. The summed E-state index contributed by atoms with van der Waals surface area (Å²) < 4.78 is 21.2. The van der Waals surface area contributed by atoms with Crippen molar-refractivity contribution in [1.82, 2.24) is 9.80 Å². The van der Waals surface area contributed by atoms with Crippen LogP contribution in [-0.2, 0) is 23.7 Å². The zero-order chi connectivity index (χ0) is 22.6. The lowest BCUT2D eigenvalue weighted by atomic mass is 9.98. The Kier molecular flexibility index (Phi) is 8.08. The van der Waals surface area contributed by atoms with Gasteiger partial charge in [0.1, 0.15) is 11.3 Å². The minimum Gasteiger partial charge on any atom is -0.466 e. The zero-order valence-electron chi connectivity index (χ0n) is 18.7. The third-order valence-corrected chi connectivity index (χ3v) is 4.54. The molecular weight excluding hydrogens is 380 g/mol. The molecule has 0 saturated carbocycles. The van der Waals surface area contributed by atoms with E-state index >= 15 is 0 Å². The maximum absolute atomic E-state index is 13.0. The molecule has 0 N–H and O–H groups in total. The number of esters is 1. The topological polar surface area (TPSA) is 94.6 Å². The fourth-order valence-electron chi connectivity index (χ4n) is 3.15. The second-order valence-corrected chi connectivity index (χ2v) is 8.35. The first-order valence-corrected chi connectivity index (χ1v) is 9.57. The minimum absolute atomic E-state index is 0.0748. The molecule has 0 spiro atoms. The molecule has 9 nitrogen and oxygen atoms in total. The Morgan fingerprint density at radius 2 is 1.90 bits per heavy atom. The van der Waals surface area contributed by atoms with Gasteiger partial charge >= 0.3 is 18.2 Å². The molecule has 29 heavy (non-hydrogen) atoms. The summed E-state index contributed by atoms with van der Waals surface area (Å²) in [5.41, 5.74) is -1.51. The lowest BCUT2D eigenvalue weighted by Crippen LogP contribution is -2.57. The standard InChI is InChI=1S/C20H34N2O7/c1-10-27-17(24)21(8)14(11-13(2)16(23)26-9)15-12-28-20(6,7)22(15)18(25)29-19(3,4)5/h14-15H,2,10-12H2,1,3-9H3/t14-,15-/m0/s1. The number of hydrogen-bond acceptors (Lipinski definition) is 7. The second-order valence-electron chi connectivity index (χ2n) is 8.35. The molecule has 1 heterocycles. The largest absolute Gasteiger partial charge is 0.466 e. The van der Waals surface area contributed by atoms with Crippen molar-refractivity contribution in [1.29, 1.82) is 0 Å². The van der Waals surface area contributed by atoms with Gasteiger partial charge in [-0.3, -0.25) is 4.90 Å². The van der Waals surface area contributed by atoms with E-state index in [0.717, 1.165) is 0 Å². The van der Waals surface area contributed by atoms with Crippen molar-refractivity contribution in [3.63, 3.8) is 0 Å². The Labute approximate surface area is 172 Å². The molecule has 1 rings (SSSR count). The number of likely N-dealkylation sites (N-methyl/N-ethyl adjacent to an activating group) is 1. The van der Waals surface area contributed by atoms with Crippen molar-refractivity contribution < 1.29 is 33.3 Å². The number of carbonyl (C=O) groups is 3. The minimum atomic E-state index is -0.965. The molecule has 0 aliphatic carbocycles. The quantitative estimate of drug-likeness (QED) is 0.375. The Morgan fingerprint density at radius 3 is 2.38 bits per heavy atom. The van der Waals surface area contributed by atoms with Crippen LogP contribution in [0.25, 0.3) is 0 Å². The molecule has 1 saturated heterocycles.